The van der Waals surface area contributed by atoms with Gasteiger partial charge in [-0.25, -0.2) is 9.97 Å². The highest BCUT2D eigenvalue weighted by Crippen LogP contribution is 2.31. The summed E-state index contributed by atoms with van der Waals surface area (Å²) in [5.74, 6) is 0.988. The predicted octanol–water partition coefficient (Wildman–Crippen LogP) is 2.25. The molecule has 1 amide bonds. The first-order valence-corrected chi connectivity index (χ1v) is 10.3. The maximum atomic E-state index is 12.6. The van der Waals surface area contributed by atoms with E-state index in [0.717, 1.165) is 62.0 Å². The average Bonchev–Trinajstić information content (AvgIpc) is 3.25. The van der Waals surface area contributed by atoms with E-state index in [1.165, 1.54) is 6.42 Å². The Kier molecular flexibility index (Phi) is 4.76. The molecule has 0 bridgehead atoms. The Morgan fingerprint density at radius 2 is 1.96 bits per heavy atom. The van der Waals surface area contributed by atoms with Gasteiger partial charge in [-0.3, -0.25) is 4.79 Å². The molecule has 1 atom stereocenters. The molecule has 1 saturated carbocycles. The monoisotopic (exact) mass is 382 g/mol. The van der Waals surface area contributed by atoms with Gasteiger partial charge in [0.1, 0.15) is 12.4 Å². The van der Waals surface area contributed by atoms with E-state index in [9.17, 15) is 4.79 Å². The number of nitrogens with zero attached hydrogens (tertiary/aromatic N) is 4. The van der Waals surface area contributed by atoms with E-state index in [0.29, 0.717) is 19.1 Å². The van der Waals surface area contributed by atoms with E-state index in [-0.39, 0.29) is 17.9 Å². The Morgan fingerprint density at radius 1 is 1.11 bits per heavy atom. The molecule has 0 N–H and O–H groups in total. The maximum Gasteiger partial charge on any atom is 0.228 e. The van der Waals surface area contributed by atoms with Crippen LogP contribution in [-0.4, -0.2) is 66.3 Å². The summed E-state index contributed by atoms with van der Waals surface area (Å²) in [5, 5.41) is 0.966. The van der Waals surface area contributed by atoms with Gasteiger partial charge in [0, 0.05) is 38.5 Å². The van der Waals surface area contributed by atoms with Crippen molar-refractivity contribution in [1.29, 1.82) is 0 Å². The highest BCUT2D eigenvalue weighted by atomic mass is 16.5. The third kappa shape index (κ3) is 3.39. The van der Waals surface area contributed by atoms with Crippen molar-refractivity contribution in [3.8, 4) is 5.88 Å². The van der Waals surface area contributed by atoms with Crippen molar-refractivity contribution in [2.24, 2.45) is 5.92 Å². The zero-order chi connectivity index (χ0) is 18.9. The first kappa shape index (κ1) is 17.7. The second-order valence-corrected chi connectivity index (χ2v) is 7.92. The molecule has 1 aromatic carbocycles. The molecule has 1 unspecified atom stereocenters. The lowest BCUT2D eigenvalue weighted by molar-refractivity contribution is -0.135. The molecule has 3 fully saturated rings. The molecule has 3 aliphatic rings. The molecule has 2 aliphatic heterocycles. The minimum Gasteiger partial charge on any atom is -0.474 e. The van der Waals surface area contributed by atoms with Crippen molar-refractivity contribution < 1.29 is 14.3 Å². The molecule has 7 heteroatoms. The van der Waals surface area contributed by atoms with Crippen LogP contribution in [0.15, 0.2) is 24.5 Å². The first-order chi connectivity index (χ1) is 13.8. The van der Waals surface area contributed by atoms with Crippen molar-refractivity contribution in [1.82, 2.24) is 14.9 Å². The molecule has 148 valence electrons. The summed E-state index contributed by atoms with van der Waals surface area (Å²) in [5.41, 5.74) is 2.04. The average molecular weight is 382 g/mol. The molecule has 3 heterocycles. The molecule has 5 rings (SSSR count). The number of ether oxygens (including phenoxy) is 2. The minimum absolute atomic E-state index is 0.0515. The van der Waals surface area contributed by atoms with Crippen molar-refractivity contribution in [2.45, 2.75) is 31.8 Å². The van der Waals surface area contributed by atoms with E-state index < -0.39 is 0 Å². The maximum absolute atomic E-state index is 12.6. The van der Waals surface area contributed by atoms with E-state index in [1.54, 1.807) is 6.33 Å². The number of benzene rings is 1. The van der Waals surface area contributed by atoms with Crippen molar-refractivity contribution >= 4 is 22.5 Å². The van der Waals surface area contributed by atoms with Crippen LogP contribution in [0.4, 0.5) is 5.69 Å². The lowest BCUT2D eigenvalue weighted by atomic mass is 9.96. The van der Waals surface area contributed by atoms with Gasteiger partial charge < -0.3 is 19.3 Å². The van der Waals surface area contributed by atoms with Crippen LogP contribution in [0.1, 0.15) is 25.7 Å². The smallest absolute Gasteiger partial charge is 0.228 e. The van der Waals surface area contributed by atoms with Crippen LogP contribution in [0.5, 0.6) is 5.88 Å². The van der Waals surface area contributed by atoms with Crippen LogP contribution in [0.2, 0.25) is 0 Å². The van der Waals surface area contributed by atoms with E-state index in [4.69, 9.17) is 9.47 Å². The number of hydrogen-bond acceptors (Lipinski definition) is 6. The van der Waals surface area contributed by atoms with Gasteiger partial charge in [-0.2, -0.15) is 0 Å². The van der Waals surface area contributed by atoms with Gasteiger partial charge in [0.2, 0.25) is 11.8 Å². The Morgan fingerprint density at radius 3 is 2.68 bits per heavy atom. The fraction of sp³-hybridized carbons (Fsp3) is 0.571. The number of carbonyl (C=O) groups is 1. The third-order valence-corrected chi connectivity index (χ3v) is 6.15. The van der Waals surface area contributed by atoms with Gasteiger partial charge in [-0.05, 0) is 43.9 Å². The summed E-state index contributed by atoms with van der Waals surface area (Å²) in [6.45, 7) is 4.46. The van der Waals surface area contributed by atoms with Crippen LogP contribution in [0, 0.1) is 5.92 Å². The van der Waals surface area contributed by atoms with Gasteiger partial charge in [0.05, 0.1) is 23.4 Å². The summed E-state index contributed by atoms with van der Waals surface area (Å²) in [6, 6.07) is 6.27. The Hall–Kier alpha value is -2.41. The normalized spacial score (nSPS) is 23.1. The number of rotatable bonds is 4. The summed E-state index contributed by atoms with van der Waals surface area (Å²) in [6.07, 6.45) is 6.16. The molecular weight excluding hydrogens is 356 g/mol. The first-order valence-electron chi connectivity index (χ1n) is 10.3. The Bertz CT molecular complexity index is 856. The fourth-order valence-corrected chi connectivity index (χ4v) is 4.13. The second kappa shape index (κ2) is 7.54. The number of aromatic nitrogens is 2. The molecule has 2 saturated heterocycles. The topological polar surface area (TPSA) is 67.8 Å². The van der Waals surface area contributed by atoms with Crippen molar-refractivity contribution in [2.75, 3.05) is 44.3 Å². The highest BCUT2D eigenvalue weighted by Gasteiger charge is 2.30. The predicted molar refractivity (Wildman–Crippen MR) is 106 cm³/mol. The number of amides is 1. The number of fused-ring (bicyclic) bond motifs is 1. The zero-order valence-electron chi connectivity index (χ0n) is 16.0. The lowest BCUT2D eigenvalue weighted by Gasteiger charge is -2.37. The molecule has 2 aromatic rings. The quantitative estimate of drug-likeness (QED) is 0.808. The van der Waals surface area contributed by atoms with E-state index in [2.05, 4.69) is 27.0 Å². The second-order valence-electron chi connectivity index (χ2n) is 7.92. The molecule has 0 radical (unpaired) electrons. The van der Waals surface area contributed by atoms with Gasteiger partial charge in [0.15, 0.2) is 0 Å². The number of piperazine rings is 1. The number of carbonyl (C=O) groups excluding carboxylic acids is 1. The van der Waals surface area contributed by atoms with Gasteiger partial charge in [-0.15, -0.1) is 0 Å². The summed E-state index contributed by atoms with van der Waals surface area (Å²) in [7, 11) is 0. The van der Waals surface area contributed by atoms with E-state index >= 15 is 0 Å². The third-order valence-electron chi connectivity index (χ3n) is 6.15. The van der Waals surface area contributed by atoms with Crippen LogP contribution >= 0.6 is 0 Å². The summed E-state index contributed by atoms with van der Waals surface area (Å²) < 4.78 is 11.4. The lowest BCUT2D eigenvalue weighted by Crippen LogP contribution is -2.50. The Balaban J connectivity index is 1.29. The SMILES string of the molecule is O=C(C1CCOC1)N1CCN(c2ccc3ncnc(OC4CCC4)c3c2)CC1. The fourth-order valence-electron chi connectivity index (χ4n) is 4.13. The highest BCUT2D eigenvalue weighted by molar-refractivity contribution is 5.87. The summed E-state index contributed by atoms with van der Waals surface area (Å²) in [4.78, 5) is 25.7. The molecular formula is C21H26N4O3. The summed E-state index contributed by atoms with van der Waals surface area (Å²) >= 11 is 0. The molecule has 1 aromatic heterocycles. The van der Waals surface area contributed by atoms with Crippen LogP contribution < -0.4 is 9.64 Å². The minimum atomic E-state index is 0.0515. The van der Waals surface area contributed by atoms with Crippen LogP contribution in [0.3, 0.4) is 0 Å². The molecule has 0 spiro atoms. The van der Waals surface area contributed by atoms with Crippen molar-refractivity contribution in [3.63, 3.8) is 0 Å². The van der Waals surface area contributed by atoms with E-state index in [1.807, 2.05) is 11.0 Å². The number of anilines is 1. The standard InChI is InChI=1S/C21H26N4O3/c26-21(15-6-11-27-13-15)25-9-7-24(8-10-25)16-4-5-19-18(12-16)20(23-14-22-19)28-17-2-1-3-17/h4-5,12,14-15,17H,1-3,6-11,13H2. The zero-order valence-corrected chi connectivity index (χ0v) is 16.0. The van der Waals surface area contributed by atoms with Crippen molar-refractivity contribution in [3.05, 3.63) is 24.5 Å². The largest absolute Gasteiger partial charge is 0.474 e. The van der Waals surface area contributed by atoms with Gasteiger partial charge in [-0.1, -0.05) is 0 Å². The number of hydrogen-bond donors (Lipinski definition) is 0. The molecule has 7 nitrogen and oxygen atoms in total. The Labute approximate surface area is 164 Å². The van der Waals surface area contributed by atoms with Gasteiger partial charge in [0.25, 0.3) is 0 Å². The van der Waals surface area contributed by atoms with Gasteiger partial charge >= 0.3 is 0 Å². The van der Waals surface area contributed by atoms with Crippen LogP contribution in [-0.2, 0) is 9.53 Å². The molecule has 1 aliphatic carbocycles. The molecule has 28 heavy (non-hydrogen) atoms. The van der Waals surface area contributed by atoms with Crippen LogP contribution in [0.25, 0.3) is 10.9 Å².